The fourth-order valence-electron chi connectivity index (χ4n) is 3.08. The van der Waals surface area contributed by atoms with E-state index in [1.165, 1.54) is 5.56 Å². The van der Waals surface area contributed by atoms with E-state index in [4.69, 9.17) is 4.74 Å². The van der Waals surface area contributed by atoms with Crippen LogP contribution in [0.1, 0.15) is 5.56 Å². The predicted molar refractivity (Wildman–Crippen MR) is 109 cm³/mol. The summed E-state index contributed by atoms with van der Waals surface area (Å²) < 4.78 is 5.47. The highest BCUT2D eigenvalue weighted by Gasteiger charge is 2.14. The smallest absolute Gasteiger partial charge is 0.135 e. The van der Waals surface area contributed by atoms with Crippen molar-refractivity contribution in [2.24, 2.45) is 0 Å². The number of ether oxygens (including phenoxy) is 1. The minimum absolute atomic E-state index is 0.750. The van der Waals surface area contributed by atoms with E-state index < -0.39 is 0 Å². The van der Waals surface area contributed by atoms with Gasteiger partial charge in [0.25, 0.3) is 0 Å². The average molecular weight is 361 g/mol. The quantitative estimate of drug-likeness (QED) is 0.713. The molecule has 138 valence electrons. The number of para-hydroxylation sites is 2. The molecule has 1 saturated heterocycles. The number of morpholine rings is 1. The Balaban J connectivity index is 1.52. The molecule has 0 amide bonds. The highest BCUT2D eigenvalue weighted by Crippen LogP contribution is 2.29. The van der Waals surface area contributed by atoms with Crippen LogP contribution in [0, 0.1) is 6.92 Å². The Kier molecular flexibility index (Phi) is 5.16. The Morgan fingerprint density at radius 3 is 2.37 bits per heavy atom. The second kappa shape index (κ2) is 8.05. The van der Waals surface area contributed by atoms with E-state index in [2.05, 4.69) is 62.8 Å². The summed E-state index contributed by atoms with van der Waals surface area (Å²) in [4.78, 5) is 11.0. The van der Waals surface area contributed by atoms with Crippen LogP contribution in [0.2, 0.25) is 0 Å². The standard InChI is InChI=1S/C21H23N5O/c1-16-6-8-17(9-7-16)24-20-14-21(23-15-22-20)25-18-4-2-3-5-19(18)26-10-12-27-13-11-26/h2-9,14-15H,10-13H2,1H3,(H2,22,23,24,25). The maximum atomic E-state index is 5.47. The number of nitrogens with zero attached hydrogens (tertiary/aromatic N) is 3. The highest BCUT2D eigenvalue weighted by molar-refractivity contribution is 5.75. The molecule has 0 saturated carbocycles. The zero-order chi connectivity index (χ0) is 18.5. The zero-order valence-corrected chi connectivity index (χ0v) is 15.4. The van der Waals surface area contributed by atoms with E-state index in [-0.39, 0.29) is 0 Å². The second-order valence-electron chi connectivity index (χ2n) is 6.52. The van der Waals surface area contributed by atoms with Crippen molar-refractivity contribution in [2.45, 2.75) is 6.92 Å². The number of aryl methyl sites for hydroxylation is 1. The molecule has 27 heavy (non-hydrogen) atoms. The van der Waals surface area contributed by atoms with Crippen LogP contribution in [0.5, 0.6) is 0 Å². The molecule has 1 aliphatic rings. The van der Waals surface area contributed by atoms with Gasteiger partial charge >= 0.3 is 0 Å². The van der Waals surface area contributed by atoms with Crippen molar-refractivity contribution in [1.82, 2.24) is 9.97 Å². The summed E-state index contributed by atoms with van der Waals surface area (Å²) in [6.07, 6.45) is 1.57. The van der Waals surface area contributed by atoms with E-state index in [0.717, 1.165) is 55.0 Å². The van der Waals surface area contributed by atoms with E-state index in [1.807, 2.05) is 24.3 Å². The average Bonchev–Trinajstić information content (AvgIpc) is 2.71. The number of benzene rings is 2. The number of hydrogen-bond donors (Lipinski definition) is 2. The number of aromatic nitrogens is 2. The molecular formula is C21H23N5O. The Hall–Kier alpha value is -3.12. The first-order valence-electron chi connectivity index (χ1n) is 9.12. The van der Waals surface area contributed by atoms with Crippen molar-refractivity contribution in [2.75, 3.05) is 41.8 Å². The maximum Gasteiger partial charge on any atom is 0.135 e. The molecular weight excluding hydrogens is 338 g/mol. The topological polar surface area (TPSA) is 62.3 Å². The summed E-state index contributed by atoms with van der Waals surface area (Å²) >= 11 is 0. The summed E-state index contributed by atoms with van der Waals surface area (Å²) in [7, 11) is 0. The summed E-state index contributed by atoms with van der Waals surface area (Å²) in [6.45, 7) is 5.37. The molecule has 2 N–H and O–H groups in total. The molecule has 2 heterocycles. The lowest BCUT2D eigenvalue weighted by molar-refractivity contribution is 0.123. The van der Waals surface area contributed by atoms with Crippen LogP contribution >= 0.6 is 0 Å². The van der Waals surface area contributed by atoms with Crippen LogP contribution in [0.3, 0.4) is 0 Å². The Morgan fingerprint density at radius 1 is 0.889 bits per heavy atom. The Bertz CT molecular complexity index is 891. The van der Waals surface area contributed by atoms with Crippen molar-refractivity contribution >= 4 is 28.7 Å². The fourth-order valence-corrected chi connectivity index (χ4v) is 3.08. The number of nitrogens with one attached hydrogen (secondary N) is 2. The van der Waals surface area contributed by atoms with Gasteiger partial charge in [-0.05, 0) is 31.2 Å². The third-order valence-corrected chi connectivity index (χ3v) is 4.51. The van der Waals surface area contributed by atoms with Crippen LogP contribution in [0.15, 0.2) is 60.9 Å². The molecule has 2 aromatic carbocycles. The summed E-state index contributed by atoms with van der Waals surface area (Å²) in [5, 5.41) is 6.75. The van der Waals surface area contributed by atoms with Crippen LogP contribution in [0.25, 0.3) is 0 Å². The maximum absolute atomic E-state index is 5.47. The summed E-state index contributed by atoms with van der Waals surface area (Å²) in [6, 6.07) is 18.4. The first-order chi connectivity index (χ1) is 13.3. The lowest BCUT2D eigenvalue weighted by Gasteiger charge is -2.30. The van der Waals surface area contributed by atoms with Crippen LogP contribution < -0.4 is 15.5 Å². The predicted octanol–water partition coefficient (Wildman–Crippen LogP) is 4.11. The van der Waals surface area contributed by atoms with Gasteiger partial charge in [-0.25, -0.2) is 9.97 Å². The molecule has 0 unspecified atom stereocenters. The highest BCUT2D eigenvalue weighted by atomic mass is 16.5. The lowest BCUT2D eigenvalue weighted by Crippen LogP contribution is -2.36. The van der Waals surface area contributed by atoms with Gasteiger partial charge in [-0.3, -0.25) is 0 Å². The van der Waals surface area contributed by atoms with Crippen molar-refractivity contribution in [3.05, 3.63) is 66.5 Å². The molecule has 6 nitrogen and oxygen atoms in total. The molecule has 0 radical (unpaired) electrons. The Morgan fingerprint density at radius 2 is 1.59 bits per heavy atom. The number of rotatable bonds is 5. The first kappa shape index (κ1) is 17.3. The van der Waals surface area contributed by atoms with Crippen molar-refractivity contribution < 1.29 is 4.74 Å². The van der Waals surface area contributed by atoms with Gasteiger partial charge in [-0.1, -0.05) is 29.8 Å². The van der Waals surface area contributed by atoms with E-state index >= 15 is 0 Å². The fraction of sp³-hybridized carbons (Fsp3) is 0.238. The number of anilines is 5. The zero-order valence-electron chi connectivity index (χ0n) is 15.4. The number of hydrogen-bond acceptors (Lipinski definition) is 6. The van der Waals surface area contributed by atoms with Gasteiger partial charge in [0.15, 0.2) is 0 Å². The molecule has 4 rings (SSSR count). The molecule has 0 aliphatic carbocycles. The van der Waals surface area contributed by atoms with Gasteiger partial charge in [0.2, 0.25) is 0 Å². The van der Waals surface area contributed by atoms with E-state index in [9.17, 15) is 0 Å². The molecule has 3 aromatic rings. The van der Waals surface area contributed by atoms with E-state index in [0.29, 0.717) is 0 Å². The largest absolute Gasteiger partial charge is 0.378 e. The Labute approximate surface area is 159 Å². The van der Waals surface area contributed by atoms with Gasteiger partial charge in [-0.15, -0.1) is 0 Å². The van der Waals surface area contributed by atoms with Crippen molar-refractivity contribution in [3.63, 3.8) is 0 Å². The molecule has 6 heteroatoms. The minimum atomic E-state index is 0.750. The molecule has 0 bridgehead atoms. The second-order valence-corrected chi connectivity index (χ2v) is 6.52. The van der Waals surface area contributed by atoms with Crippen LogP contribution in [0.4, 0.5) is 28.7 Å². The normalized spacial score (nSPS) is 14.0. The third kappa shape index (κ3) is 4.35. The van der Waals surface area contributed by atoms with E-state index in [1.54, 1.807) is 6.33 Å². The molecule has 1 fully saturated rings. The summed E-state index contributed by atoms with van der Waals surface area (Å²) in [5.74, 6) is 1.50. The molecule has 0 atom stereocenters. The lowest BCUT2D eigenvalue weighted by atomic mass is 10.2. The van der Waals surface area contributed by atoms with Gasteiger partial charge in [0.1, 0.15) is 18.0 Å². The van der Waals surface area contributed by atoms with Crippen molar-refractivity contribution in [3.8, 4) is 0 Å². The van der Waals surface area contributed by atoms with Gasteiger partial charge in [-0.2, -0.15) is 0 Å². The summed E-state index contributed by atoms with van der Waals surface area (Å²) in [5.41, 5.74) is 4.41. The minimum Gasteiger partial charge on any atom is -0.378 e. The molecule has 1 aromatic heterocycles. The first-order valence-corrected chi connectivity index (χ1v) is 9.12. The van der Waals surface area contributed by atoms with Gasteiger partial charge < -0.3 is 20.3 Å². The van der Waals surface area contributed by atoms with Crippen molar-refractivity contribution in [1.29, 1.82) is 0 Å². The third-order valence-electron chi connectivity index (χ3n) is 4.51. The monoisotopic (exact) mass is 361 g/mol. The van der Waals surface area contributed by atoms with Gasteiger partial charge in [0, 0.05) is 24.8 Å². The van der Waals surface area contributed by atoms with Crippen LogP contribution in [-0.4, -0.2) is 36.3 Å². The molecule has 0 spiro atoms. The van der Waals surface area contributed by atoms with Gasteiger partial charge in [0.05, 0.1) is 24.6 Å². The van der Waals surface area contributed by atoms with Crippen LogP contribution in [-0.2, 0) is 4.74 Å². The molecule has 1 aliphatic heterocycles. The SMILES string of the molecule is Cc1ccc(Nc2cc(Nc3ccccc3N3CCOCC3)ncn2)cc1.